The van der Waals surface area contributed by atoms with E-state index in [2.05, 4.69) is 44.4 Å². The summed E-state index contributed by atoms with van der Waals surface area (Å²) in [5, 5.41) is 4.76. The van der Waals surface area contributed by atoms with Crippen molar-refractivity contribution in [3.63, 3.8) is 0 Å². The van der Waals surface area contributed by atoms with Gasteiger partial charge in [-0.2, -0.15) is 0 Å². The summed E-state index contributed by atoms with van der Waals surface area (Å²) in [4.78, 5) is 4.64. The third kappa shape index (κ3) is 2.44. The largest absolute Gasteiger partial charge is 0.314 e. The van der Waals surface area contributed by atoms with E-state index in [-0.39, 0.29) is 0 Å². The summed E-state index contributed by atoms with van der Waals surface area (Å²) in [6.07, 6.45) is 3.76. The molecular weight excluding hydrogens is 284 g/mol. The Labute approximate surface area is 107 Å². The van der Waals surface area contributed by atoms with Crippen molar-refractivity contribution in [2.45, 2.75) is 25.3 Å². The zero-order valence-corrected chi connectivity index (χ0v) is 11.3. The first-order chi connectivity index (χ1) is 7.81. The minimum Gasteiger partial charge on any atom is -0.314 e. The van der Waals surface area contributed by atoms with Crippen molar-refractivity contribution < 1.29 is 0 Å². The van der Waals surface area contributed by atoms with Crippen molar-refractivity contribution in [3.8, 4) is 0 Å². The molecule has 0 bridgehead atoms. The molecule has 1 aromatic carbocycles. The number of benzene rings is 1. The number of halogens is 1. The van der Waals surface area contributed by atoms with Gasteiger partial charge < -0.3 is 5.32 Å². The predicted molar refractivity (Wildman–Crippen MR) is 72.0 cm³/mol. The van der Waals surface area contributed by atoms with E-state index in [1.165, 1.54) is 22.5 Å². The molecule has 1 saturated carbocycles. The van der Waals surface area contributed by atoms with Gasteiger partial charge in [0, 0.05) is 23.5 Å². The van der Waals surface area contributed by atoms with Crippen LogP contribution in [0.4, 0.5) is 0 Å². The zero-order chi connectivity index (χ0) is 11.0. The Hall–Kier alpha value is -0.450. The van der Waals surface area contributed by atoms with Gasteiger partial charge in [-0.25, -0.2) is 4.98 Å². The van der Waals surface area contributed by atoms with Crippen LogP contribution < -0.4 is 5.32 Å². The van der Waals surface area contributed by atoms with Crippen LogP contribution in [0, 0.1) is 0 Å². The van der Waals surface area contributed by atoms with Crippen LogP contribution in [0.25, 0.3) is 10.2 Å². The van der Waals surface area contributed by atoms with E-state index in [1.54, 1.807) is 11.3 Å². The molecule has 2 aromatic rings. The summed E-state index contributed by atoms with van der Waals surface area (Å²) in [7, 11) is 0. The van der Waals surface area contributed by atoms with Crippen molar-refractivity contribution in [3.05, 3.63) is 27.7 Å². The predicted octanol–water partition coefficient (Wildman–Crippen LogP) is 3.35. The van der Waals surface area contributed by atoms with E-state index < -0.39 is 0 Å². The molecule has 0 amide bonds. The van der Waals surface area contributed by atoms with Crippen molar-refractivity contribution >= 4 is 37.5 Å². The minimum atomic E-state index is 0.795. The van der Waals surface area contributed by atoms with E-state index in [1.807, 2.05) is 0 Å². The molecule has 0 atom stereocenters. The molecule has 1 aliphatic carbocycles. The molecular formula is C12H13BrN2S. The van der Waals surface area contributed by atoms with Crippen molar-refractivity contribution in [2.24, 2.45) is 0 Å². The normalized spacial score (nSPS) is 15.8. The average Bonchev–Trinajstić information content (AvgIpc) is 2.98. The Kier molecular flexibility index (Phi) is 2.96. The summed E-state index contributed by atoms with van der Waals surface area (Å²) < 4.78 is 2.39. The fraction of sp³-hybridized carbons (Fsp3) is 0.417. The van der Waals surface area contributed by atoms with Crippen molar-refractivity contribution in [1.29, 1.82) is 0 Å². The molecule has 3 rings (SSSR count). The zero-order valence-electron chi connectivity index (χ0n) is 8.87. The number of hydrogen-bond donors (Lipinski definition) is 1. The smallest absolute Gasteiger partial charge is 0.0951 e. The van der Waals surface area contributed by atoms with Crippen LogP contribution in [0.15, 0.2) is 22.7 Å². The molecule has 1 heterocycles. The van der Waals surface area contributed by atoms with E-state index in [0.717, 1.165) is 29.0 Å². The summed E-state index contributed by atoms with van der Waals surface area (Å²) in [6.45, 7) is 1.06. The summed E-state index contributed by atoms with van der Waals surface area (Å²) in [5.74, 6) is 0. The van der Waals surface area contributed by atoms with Crippen LogP contribution in [0.2, 0.25) is 0 Å². The highest BCUT2D eigenvalue weighted by atomic mass is 79.9. The first-order valence-electron chi connectivity index (χ1n) is 5.59. The maximum absolute atomic E-state index is 4.64. The number of hydrogen-bond acceptors (Lipinski definition) is 3. The van der Waals surface area contributed by atoms with Gasteiger partial charge >= 0.3 is 0 Å². The summed E-state index contributed by atoms with van der Waals surface area (Å²) in [5.41, 5.74) is 1.11. The standard InChI is InChI=1S/C12H13BrN2S/c13-8-1-4-11-10(7-8)15-12(16-11)5-6-14-9-2-3-9/h1,4,7,9,14H,2-3,5-6H2. The van der Waals surface area contributed by atoms with E-state index >= 15 is 0 Å². The van der Waals surface area contributed by atoms with Gasteiger partial charge in [0.15, 0.2) is 0 Å². The van der Waals surface area contributed by atoms with Gasteiger partial charge in [0.05, 0.1) is 15.2 Å². The molecule has 1 N–H and O–H groups in total. The fourth-order valence-corrected chi connectivity index (χ4v) is 3.02. The van der Waals surface area contributed by atoms with Gasteiger partial charge in [-0.15, -0.1) is 11.3 Å². The lowest BCUT2D eigenvalue weighted by Gasteiger charge is -1.98. The number of rotatable bonds is 4. The van der Waals surface area contributed by atoms with Gasteiger partial charge in [0.1, 0.15) is 0 Å². The van der Waals surface area contributed by atoms with Crippen LogP contribution in [0.1, 0.15) is 17.8 Å². The Balaban J connectivity index is 1.71. The number of nitrogens with zero attached hydrogens (tertiary/aromatic N) is 1. The molecule has 0 radical (unpaired) electrons. The van der Waals surface area contributed by atoms with Crippen LogP contribution >= 0.6 is 27.3 Å². The van der Waals surface area contributed by atoms with Crippen molar-refractivity contribution in [2.75, 3.05) is 6.54 Å². The van der Waals surface area contributed by atoms with E-state index in [0.29, 0.717) is 0 Å². The summed E-state index contributed by atoms with van der Waals surface area (Å²) in [6, 6.07) is 7.09. The van der Waals surface area contributed by atoms with Crippen LogP contribution in [0.5, 0.6) is 0 Å². The minimum absolute atomic E-state index is 0.795. The topological polar surface area (TPSA) is 24.9 Å². The van der Waals surface area contributed by atoms with Crippen LogP contribution in [-0.4, -0.2) is 17.6 Å². The lowest BCUT2D eigenvalue weighted by molar-refractivity contribution is 0.681. The Morgan fingerprint density at radius 3 is 3.12 bits per heavy atom. The summed E-state index contributed by atoms with van der Waals surface area (Å²) >= 11 is 5.28. The molecule has 0 aliphatic heterocycles. The number of thiazole rings is 1. The van der Waals surface area contributed by atoms with Crippen molar-refractivity contribution in [1.82, 2.24) is 10.3 Å². The second-order valence-electron chi connectivity index (χ2n) is 4.20. The molecule has 84 valence electrons. The quantitative estimate of drug-likeness (QED) is 0.936. The lowest BCUT2D eigenvalue weighted by atomic mass is 10.3. The molecule has 1 aliphatic rings. The first kappa shape index (κ1) is 10.7. The monoisotopic (exact) mass is 296 g/mol. The highest BCUT2D eigenvalue weighted by Gasteiger charge is 2.19. The van der Waals surface area contributed by atoms with E-state index in [4.69, 9.17) is 0 Å². The molecule has 16 heavy (non-hydrogen) atoms. The van der Waals surface area contributed by atoms with Gasteiger partial charge in [-0.3, -0.25) is 0 Å². The molecule has 4 heteroatoms. The van der Waals surface area contributed by atoms with Gasteiger partial charge in [-0.05, 0) is 31.0 Å². The van der Waals surface area contributed by atoms with E-state index in [9.17, 15) is 0 Å². The Morgan fingerprint density at radius 1 is 1.44 bits per heavy atom. The second kappa shape index (κ2) is 4.43. The number of nitrogens with one attached hydrogen (secondary N) is 1. The van der Waals surface area contributed by atoms with Gasteiger partial charge in [0.25, 0.3) is 0 Å². The third-order valence-corrected chi connectivity index (χ3v) is 4.33. The maximum Gasteiger partial charge on any atom is 0.0951 e. The molecule has 2 nitrogen and oxygen atoms in total. The van der Waals surface area contributed by atoms with Gasteiger partial charge in [-0.1, -0.05) is 15.9 Å². The Morgan fingerprint density at radius 2 is 2.31 bits per heavy atom. The lowest BCUT2D eigenvalue weighted by Crippen LogP contribution is -2.19. The first-order valence-corrected chi connectivity index (χ1v) is 7.20. The molecule has 1 fully saturated rings. The van der Waals surface area contributed by atoms with Crippen LogP contribution in [-0.2, 0) is 6.42 Å². The molecule has 0 unspecified atom stereocenters. The average molecular weight is 297 g/mol. The highest BCUT2D eigenvalue weighted by molar-refractivity contribution is 9.10. The third-order valence-electron chi connectivity index (χ3n) is 2.74. The highest BCUT2D eigenvalue weighted by Crippen LogP contribution is 2.25. The fourth-order valence-electron chi connectivity index (χ4n) is 1.73. The van der Waals surface area contributed by atoms with Crippen LogP contribution in [0.3, 0.4) is 0 Å². The SMILES string of the molecule is Brc1ccc2sc(CCNC3CC3)nc2c1. The second-order valence-corrected chi connectivity index (χ2v) is 6.23. The Bertz CT molecular complexity index is 505. The maximum atomic E-state index is 4.64. The molecule has 1 aromatic heterocycles. The number of aromatic nitrogens is 1. The molecule has 0 spiro atoms. The molecule has 0 saturated heterocycles. The van der Waals surface area contributed by atoms with Gasteiger partial charge in [0.2, 0.25) is 0 Å². The number of fused-ring (bicyclic) bond motifs is 1.